The average Bonchev–Trinajstić information content (AvgIpc) is 2.72. The Morgan fingerprint density at radius 3 is 2.44 bits per heavy atom. The van der Waals surface area contributed by atoms with Crippen molar-refractivity contribution in [2.45, 2.75) is 32.9 Å². The Hall–Kier alpha value is -1.60. The van der Waals surface area contributed by atoms with Crippen molar-refractivity contribution in [3.63, 3.8) is 0 Å². The summed E-state index contributed by atoms with van der Waals surface area (Å²) in [5.74, 6) is -0.555. The van der Waals surface area contributed by atoms with Gasteiger partial charge in [-0.15, -0.1) is 5.10 Å². The smallest absolute Gasteiger partial charge is 0.327 e. The number of nitrogens with one attached hydrogen (secondary N) is 1. The van der Waals surface area contributed by atoms with Crippen molar-refractivity contribution >= 4 is 5.91 Å². The Morgan fingerprint density at radius 2 is 2.06 bits per heavy atom. The number of carbonyl (C=O) groups is 1. The van der Waals surface area contributed by atoms with Crippen molar-refractivity contribution in [2.24, 2.45) is 0 Å². The first-order chi connectivity index (χ1) is 8.24. The number of aromatic nitrogens is 3. The molecule has 1 amide bonds. The minimum absolute atomic E-state index is 0.0248. The van der Waals surface area contributed by atoms with Gasteiger partial charge in [0.25, 0.3) is 5.91 Å². The number of H-pyrrole nitrogens is 1. The number of carbonyl (C=O) groups excluding carboxylic acids is 1. The van der Waals surface area contributed by atoms with Gasteiger partial charge in [-0.1, -0.05) is 13.8 Å². The molecule has 0 saturated carbocycles. The summed E-state index contributed by atoms with van der Waals surface area (Å²) in [6.07, 6.45) is -4.43. The zero-order valence-electron chi connectivity index (χ0n) is 10.4. The van der Waals surface area contributed by atoms with E-state index in [1.165, 1.54) is 6.92 Å². The van der Waals surface area contributed by atoms with E-state index in [-0.39, 0.29) is 18.3 Å². The summed E-state index contributed by atoms with van der Waals surface area (Å²) >= 11 is 0. The molecule has 0 aliphatic heterocycles. The third kappa shape index (κ3) is 3.71. The lowest BCUT2D eigenvalue weighted by Crippen LogP contribution is -2.39. The lowest BCUT2D eigenvalue weighted by atomic mass is 10.2. The van der Waals surface area contributed by atoms with Crippen LogP contribution >= 0.6 is 0 Å². The second kappa shape index (κ2) is 5.36. The van der Waals surface area contributed by atoms with Gasteiger partial charge in [-0.2, -0.15) is 13.2 Å². The van der Waals surface area contributed by atoms with E-state index in [9.17, 15) is 18.0 Å². The van der Waals surface area contributed by atoms with Gasteiger partial charge in [0.2, 0.25) is 5.82 Å². The Labute approximate surface area is 102 Å². The monoisotopic (exact) mass is 264 g/mol. The summed E-state index contributed by atoms with van der Waals surface area (Å²) in [4.78, 5) is 16.3. The lowest BCUT2D eigenvalue weighted by molar-refractivity contribution is -0.140. The van der Waals surface area contributed by atoms with Crippen LogP contribution in [0, 0.1) is 0 Å². The topological polar surface area (TPSA) is 61.9 Å². The van der Waals surface area contributed by atoms with E-state index in [1.54, 1.807) is 0 Å². The molecule has 0 bridgehead atoms. The highest BCUT2D eigenvalue weighted by molar-refractivity contribution is 5.90. The molecule has 1 heterocycles. The molecule has 0 unspecified atom stereocenters. The fourth-order valence-corrected chi connectivity index (χ4v) is 1.31. The number of hydrogen-bond donors (Lipinski definition) is 1. The SMILES string of the molecule is CCN(CC(F)(F)F)C(=O)c1n[nH]c(C(C)C)n1. The van der Waals surface area contributed by atoms with Gasteiger partial charge in [-0.05, 0) is 6.92 Å². The van der Waals surface area contributed by atoms with Crippen LogP contribution < -0.4 is 0 Å². The standard InChI is InChI=1S/C10H15F3N4O/c1-4-17(5-10(11,12)13)9(18)8-14-7(6(2)3)15-16-8/h6H,4-5H2,1-3H3,(H,14,15,16). The molecule has 0 spiro atoms. The third-order valence-electron chi connectivity index (χ3n) is 2.28. The van der Waals surface area contributed by atoms with Gasteiger partial charge in [0, 0.05) is 12.5 Å². The summed E-state index contributed by atoms with van der Waals surface area (Å²) in [6.45, 7) is 3.79. The van der Waals surface area contributed by atoms with Gasteiger partial charge < -0.3 is 4.90 Å². The van der Waals surface area contributed by atoms with E-state index in [1.807, 2.05) is 13.8 Å². The Bertz CT molecular complexity index is 414. The van der Waals surface area contributed by atoms with Crippen LogP contribution in [0.4, 0.5) is 13.2 Å². The molecule has 0 fully saturated rings. The Balaban J connectivity index is 2.83. The van der Waals surface area contributed by atoms with Crippen LogP contribution in [0.3, 0.4) is 0 Å². The van der Waals surface area contributed by atoms with Gasteiger partial charge >= 0.3 is 6.18 Å². The van der Waals surface area contributed by atoms with Crippen molar-refractivity contribution in [1.82, 2.24) is 20.1 Å². The molecule has 0 aliphatic rings. The maximum Gasteiger partial charge on any atom is 0.406 e. The van der Waals surface area contributed by atoms with Gasteiger partial charge in [-0.3, -0.25) is 9.89 Å². The van der Waals surface area contributed by atoms with E-state index in [2.05, 4.69) is 15.2 Å². The summed E-state index contributed by atoms with van der Waals surface area (Å²) in [5, 5.41) is 6.18. The average molecular weight is 264 g/mol. The maximum absolute atomic E-state index is 12.3. The summed E-state index contributed by atoms with van der Waals surface area (Å²) in [5.41, 5.74) is 0. The van der Waals surface area contributed by atoms with Crippen molar-refractivity contribution in [2.75, 3.05) is 13.1 Å². The molecule has 0 radical (unpaired) electrons. The normalized spacial score (nSPS) is 11.9. The van der Waals surface area contributed by atoms with Gasteiger partial charge in [-0.25, -0.2) is 4.98 Å². The zero-order valence-corrected chi connectivity index (χ0v) is 10.4. The number of nitrogens with zero attached hydrogens (tertiary/aromatic N) is 3. The van der Waals surface area contributed by atoms with Crippen LogP contribution in [0.5, 0.6) is 0 Å². The molecule has 1 aromatic heterocycles. The van der Waals surface area contributed by atoms with Crippen molar-refractivity contribution in [1.29, 1.82) is 0 Å². The first kappa shape index (κ1) is 14.5. The molecule has 0 saturated heterocycles. The molecule has 0 aromatic carbocycles. The van der Waals surface area contributed by atoms with E-state index in [0.29, 0.717) is 10.7 Å². The third-order valence-corrected chi connectivity index (χ3v) is 2.28. The van der Waals surface area contributed by atoms with Crippen molar-refractivity contribution < 1.29 is 18.0 Å². The molecule has 5 nitrogen and oxygen atoms in total. The number of halogens is 3. The highest BCUT2D eigenvalue weighted by Crippen LogP contribution is 2.17. The highest BCUT2D eigenvalue weighted by atomic mass is 19.4. The molecular formula is C10H15F3N4O. The maximum atomic E-state index is 12.3. The van der Waals surface area contributed by atoms with E-state index < -0.39 is 18.6 Å². The van der Waals surface area contributed by atoms with E-state index in [4.69, 9.17) is 0 Å². The number of hydrogen-bond acceptors (Lipinski definition) is 3. The summed E-state index contributed by atoms with van der Waals surface area (Å²) in [6, 6.07) is 0. The quantitative estimate of drug-likeness (QED) is 0.904. The van der Waals surface area contributed by atoms with Crippen molar-refractivity contribution in [3.05, 3.63) is 11.6 Å². The zero-order chi connectivity index (χ0) is 13.9. The Morgan fingerprint density at radius 1 is 1.44 bits per heavy atom. The number of rotatable bonds is 4. The van der Waals surface area contributed by atoms with Crippen LogP contribution in [0.25, 0.3) is 0 Å². The fourth-order valence-electron chi connectivity index (χ4n) is 1.31. The molecule has 1 rings (SSSR count). The minimum Gasteiger partial charge on any atom is -0.327 e. The number of alkyl halides is 3. The molecule has 18 heavy (non-hydrogen) atoms. The predicted octanol–water partition coefficient (Wildman–Crippen LogP) is 1.95. The first-order valence-corrected chi connectivity index (χ1v) is 5.53. The molecular weight excluding hydrogens is 249 g/mol. The fraction of sp³-hybridized carbons (Fsp3) is 0.700. The lowest BCUT2D eigenvalue weighted by Gasteiger charge is -2.20. The largest absolute Gasteiger partial charge is 0.406 e. The van der Waals surface area contributed by atoms with E-state index >= 15 is 0 Å². The molecule has 8 heteroatoms. The number of aromatic amines is 1. The van der Waals surface area contributed by atoms with Gasteiger partial charge in [0.05, 0.1) is 0 Å². The molecule has 0 aliphatic carbocycles. The van der Waals surface area contributed by atoms with Crippen LogP contribution in [0.15, 0.2) is 0 Å². The first-order valence-electron chi connectivity index (χ1n) is 5.53. The minimum atomic E-state index is -4.43. The highest BCUT2D eigenvalue weighted by Gasteiger charge is 2.33. The second-order valence-electron chi connectivity index (χ2n) is 4.13. The van der Waals surface area contributed by atoms with Crippen LogP contribution in [0.2, 0.25) is 0 Å². The van der Waals surface area contributed by atoms with Crippen LogP contribution in [-0.2, 0) is 0 Å². The molecule has 1 aromatic rings. The Kier molecular flexibility index (Phi) is 4.31. The summed E-state index contributed by atoms with van der Waals surface area (Å²) in [7, 11) is 0. The van der Waals surface area contributed by atoms with Crippen LogP contribution in [0.1, 0.15) is 43.1 Å². The van der Waals surface area contributed by atoms with E-state index in [0.717, 1.165) is 0 Å². The predicted molar refractivity (Wildman–Crippen MR) is 58.1 cm³/mol. The molecule has 1 N–H and O–H groups in total. The summed E-state index contributed by atoms with van der Waals surface area (Å²) < 4.78 is 36.8. The molecule has 0 atom stereocenters. The van der Waals surface area contributed by atoms with Crippen molar-refractivity contribution in [3.8, 4) is 0 Å². The second-order valence-corrected chi connectivity index (χ2v) is 4.13. The van der Waals surface area contributed by atoms with Gasteiger partial charge in [0.1, 0.15) is 12.4 Å². The van der Waals surface area contributed by atoms with Crippen LogP contribution in [-0.4, -0.2) is 45.3 Å². The molecule has 102 valence electrons. The van der Waals surface area contributed by atoms with Gasteiger partial charge in [0.15, 0.2) is 0 Å². The number of amides is 1.